The number of benzene rings is 3. The minimum Gasteiger partial charge on any atom is -0.274 e. The van der Waals surface area contributed by atoms with Gasteiger partial charge < -0.3 is 0 Å². The predicted molar refractivity (Wildman–Crippen MR) is 137 cm³/mol. The molecule has 0 spiro atoms. The van der Waals surface area contributed by atoms with E-state index < -0.39 is 16.8 Å². The minimum absolute atomic E-state index is 0.0501. The van der Waals surface area contributed by atoms with Crippen molar-refractivity contribution in [3.05, 3.63) is 123 Å². The van der Waals surface area contributed by atoms with Crippen LogP contribution in [-0.4, -0.2) is 16.7 Å². The van der Waals surface area contributed by atoms with Crippen molar-refractivity contribution in [1.82, 2.24) is 0 Å². The molecule has 6 nitrogen and oxygen atoms in total. The van der Waals surface area contributed by atoms with Crippen LogP contribution in [0.3, 0.4) is 0 Å². The number of anilines is 1. The van der Waals surface area contributed by atoms with E-state index in [4.69, 9.17) is 0 Å². The molecule has 0 unspecified atom stereocenters. The van der Waals surface area contributed by atoms with Gasteiger partial charge in [0.2, 0.25) is 11.8 Å². The first kappa shape index (κ1) is 22.2. The van der Waals surface area contributed by atoms with Crippen LogP contribution in [0.2, 0.25) is 0 Å². The molecule has 3 aromatic carbocycles. The van der Waals surface area contributed by atoms with E-state index in [2.05, 4.69) is 48.5 Å². The number of rotatable bonds is 4. The van der Waals surface area contributed by atoms with E-state index in [-0.39, 0.29) is 35.0 Å². The summed E-state index contributed by atoms with van der Waals surface area (Å²) in [6.07, 6.45) is 4.08. The van der Waals surface area contributed by atoms with Crippen molar-refractivity contribution in [3.8, 4) is 0 Å². The van der Waals surface area contributed by atoms with Gasteiger partial charge in [0, 0.05) is 17.9 Å². The zero-order valence-electron chi connectivity index (χ0n) is 19.9. The average molecular weight is 477 g/mol. The Morgan fingerprint density at radius 3 is 1.69 bits per heavy atom. The molecule has 2 amide bonds. The van der Waals surface area contributed by atoms with Crippen LogP contribution >= 0.6 is 0 Å². The molecule has 0 radical (unpaired) electrons. The number of aryl methyl sites for hydroxylation is 2. The van der Waals surface area contributed by atoms with Gasteiger partial charge >= 0.3 is 0 Å². The largest absolute Gasteiger partial charge is 0.293 e. The van der Waals surface area contributed by atoms with Crippen molar-refractivity contribution in [2.75, 3.05) is 4.90 Å². The fourth-order valence-electron chi connectivity index (χ4n) is 6.08. The van der Waals surface area contributed by atoms with Gasteiger partial charge in [0.05, 0.1) is 16.8 Å². The van der Waals surface area contributed by atoms with Gasteiger partial charge in [0.15, 0.2) is 0 Å². The van der Waals surface area contributed by atoms with E-state index in [0.717, 1.165) is 38.3 Å². The van der Waals surface area contributed by atoms with Crippen LogP contribution < -0.4 is 4.90 Å². The van der Waals surface area contributed by atoms with Crippen molar-refractivity contribution in [2.24, 2.45) is 23.7 Å². The van der Waals surface area contributed by atoms with Crippen LogP contribution in [0.25, 0.3) is 5.57 Å². The number of para-hydroxylation sites is 2. The molecule has 1 saturated heterocycles. The number of fused-ring (bicyclic) bond motifs is 5. The number of allylic oxidation sites excluding steroid dienone is 3. The normalized spacial score (nSPS) is 23.9. The molecule has 36 heavy (non-hydrogen) atoms. The molecule has 1 aliphatic heterocycles. The second-order valence-electron chi connectivity index (χ2n) is 9.81. The Labute approximate surface area is 208 Å². The smallest absolute Gasteiger partial charge is 0.274 e. The van der Waals surface area contributed by atoms with Crippen LogP contribution in [0.4, 0.5) is 11.4 Å². The Morgan fingerprint density at radius 2 is 1.22 bits per heavy atom. The summed E-state index contributed by atoms with van der Waals surface area (Å²) >= 11 is 0. The fourth-order valence-corrected chi connectivity index (χ4v) is 6.08. The van der Waals surface area contributed by atoms with Crippen LogP contribution in [0.5, 0.6) is 0 Å². The first-order valence-corrected chi connectivity index (χ1v) is 12.0. The summed E-state index contributed by atoms with van der Waals surface area (Å²) in [5.74, 6) is -2.31. The summed E-state index contributed by atoms with van der Waals surface area (Å²) < 4.78 is 0. The molecule has 4 atom stereocenters. The van der Waals surface area contributed by atoms with E-state index in [0.29, 0.717) is 0 Å². The molecule has 0 aromatic heterocycles. The number of hydrogen-bond donors (Lipinski definition) is 0. The van der Waals surface area contributed by atoms with Gasteiger partial charge in [-0.3, -0.25) is 19.7 Å². The van der Waals surface area contributed by atoms with Gasteiger partial charge in [-0.1, -0.05) is 83.9 Å². The maximum absolute atomic E-state index is 13.7. The first-order valence-electron chi connectivity index (χ1n) is 12.0. The van der Waals surface area contributed by atoms with Crippen molar-refractivity contribution in [1.29, 1.82) is 0 Å². The van der Waals surface area contributed by atoms with Crippen LogP contribution in [0.15, 0.2) is 90.5 Å². The molecule has 1 heterocycles. The Balaban J connectivity index is 1.49. The van der Waals surface area contributed by atoms with E-state index in [9.17, 15) is 19.7 Å². The van der Waals surface area contributed by atoms with Crippen molar-refractivity contribution in [3.63, 3.8) is 0 Å². The maximum Gasteiger partial charge on any atom is 0.293 e. The van der Waals surface area contributed by atoms with Crippen molar-refractivity contribution in [2.45, 2.75) is 13.8 Å². The molecule has 178 valence electrons. The van der Waals surface area contributed by atoms with Crippen molar-refractivity contribution >= 4 is 28.8 Å². The molecule has 2 fully saturated rings. The van der Waals surface area contributed by atoms with Gasteiger partial charge in [0.25, 0.3) is 5.69 Å². The van der Waals surface area contributed by atoms with Crippen LogP contribution in [0.1, 0.15) is 22.3 Å². The maximum atomic E-state index is 13.7. The summed E-state index contributed by atoms with van der Waals surface area (Å²) in [5, 5.41) is 11.6. The highest BCUT2D eigenvalue weighted by atomic mass is 16.6. The van der Waals surface area contributed by atoms with E-state index in [1.54, 1.807) is 6.07 Å². The zero-order chi connectivity index (χ0) is 25.1. The third kappa shape index (κ3) is 3.18. The molecule has 3 aliphatic rings. The summed E-state index contributed by atoms with van der Waals surface area (Å²) in [4.78, 5) is 39.6. The quantitative estimate of drug-likeness (QED) is 0.211. The summed E-state index contributed by atoms with van der Waals surface area (Å²) in [6.45, 7) is 4.09. The topological polar surface area (TPSA) is 80.5 Å². The van der Waals surface area contributed by atoms with Gasteiger partial charge in [0.1, 0.15) is 5.69 Å². The van der Waals surface area contributed by atoms with E-state index in [1.807, 2.05) is 26.0 Å². The SMILES string of the molecule is Cc1ccc(C(=C2[C@H]3C=C[C@H]2[C@H]2C(=O)N(c4ccccc4[N+](=O)[O-])C(=O)[C@@H]23)c2ccc(C)cc2)cc1. The third-order valence-corrected chi connectivity index (χ3v) is 7.70. The lowest BCUT2D eigenvalue weighted by Gasteiger charge is -2.21. The summed E-state index contributed by atoms with van der Waals surface area (Å²) in [6, 6.07) is 22.6. The summed E-state index contributed by atoms with van der Waals surface area (Å²) in [5.41, 5.74) is 6.36. The number of imide groups is 1. The number of nitrogens with zero attached hydrogens (tertiary/aromatic N) is 2. The third-order valence-electron chi connectivity index (χ3n) is 7.70. The number of nitro groups is 1. The average Bonchev–Trinajstić information content (AvgIpc) is 3.50. The standard InChI is InChI=1S/C30H24N2O4/c1-17-7-11-19(12-8-17)25(20-13-9-18(2)10-14-20)26-21-15-16-22(26)28-27(21)29(33)31(30(28)34)23-5-3-4-6-24(23)32(35)36/h3-16,21-22,27-28H,1-2H3/t21-,22-,27-,28-/m1/s1. The molecule has 6 rings (SSSR count). The Hall–Kier alpha value is -4.32. The fraction of sp³-hybridized carbons (Fsp3) is 0.200. The lowest BCUT2D eigenvalue weighted by Crippen LogP contribution is -2.33. The Morgan fingerprint density at radius 1 is 0.750 bits per heavy atom. The molecule has 2 aliphatic carbocycles. The molecular weight excluding hydrogens is 452 g/mol. The van der Waals surface area contributed by atoms with Gasteiger partial charge in [-0.05, 0) is 42.2 Å². The lowest BCUT2D eigenvalue weighted by molar-refractivity contribution is -0.384. The number of hydrogen-bond acceptors (Lipinski definition) is 4. The highest BCUT2D eigenvalue weighted by Crippen LogP contribution is 2.59. The molecule has 2 bridgehead atoms. The Bertz CT molecular complexity index is 1400. The number of nitro benzene ring substituents is 1. The van der Waals surface area contributed by atoms with Crippen molar-refractivity contribution < 1.29 is 14.5 Å². The lowest BCUT2D eigenvalue weighted by atomic mass is 9.85. The minimum atomic E-state index is -0.562. The van der Waals surface area contributed by atoms with Crippen LogP contribution in [0, 0.1) is 47.6 Å². The second-order valence-corrected chi connectivity index (χ2v) is 9.81. The number of amides is 2. The van der Waals surface area contributed by atoms with Crippen LogP contribution in [-0.2, 0) is 9.59 Å². The summed E-state index contributed by atoms with van der Waals surface area (Å²) in [7, 11) is 0. The first-order chi connectivity index (χ1) is 17.4. The second kappa shape index (κ2) is 8.12. The molecular formula is C30H24N2O4. The molecule has 6 heteroatoms. The van der Waals surface area contributed by atoms with E-state index >= 15 is 0 Å². The monoisotopic (exact) mass is 476 g/mol. The highest BCUT2D eigenvalue weighted by Gasteiger charge is 2.63. The molecule has 1 saturated carbocycles. The van der Waals surface area contributed by atoms with Gasteiger partial charge in [-0.2, -0.15) is 0 Å². The van der Waals surface area contributed by atoms with E-state index in [1.165, 1.54) is 18.2 Å². The molecule has 3 aromatic rings. The zero-order valence-corrected chi connectivity index (χ0v) is 19.9. The highest BCUT2D eigenvalue weighted by molar-refractivity contribution is 6.24. The predicted octanol–water partition coefficient (Wildman–Crippen LogP) is 5.64. The Kier molecular flexibility index (Phi) is 5.00. The van der Waals surface area contributed by atoms with Gasteiger partial charge in [-0.25, -0.2) is 4.90 Å². The number of carbonyl (C=O) groups excluding carboxylic acids is 2. The number of carbonyl (C=O) groups is 2. The van der Waals surface area contributed by atoms with Gasteiger partial charge in [-0.15, -0.1) is 0 Å². The molecule has 0 N–H and O–H groups in total.